The van der Waals surface area contributed by atoms with Crippen LogP contribution in [0.2, 0.25) is 0 Å². The van der Waals surface area contributed by atoms with Gasteiger partial charge in [-0.05, 0) is 31.0 Å². The molecule has 0 atom stereocenters. The van der Waals surface area contributed by atoms with E-state index >= 15 is 0 Å². The van der Waals surface area contributed by atoms with Gasteiger partial charge in [0.1, 0.15) is 5.01 Å². The molecule has 100 valence electrons. The van der Waals surface area contributed by atoms with E-state index in [-0.39, 0.29) is 5.75 Å². The Labute approximate surface area is 116 Å². The van der Waals surface area contributed by atoms with Crippen molar-refractivity contribution in [2.24, 2.45) is 0 Å². The summed E-state index contributed by atoms with van der Waals surface area (Å²) < 4.78 is 5.12. The highest BCUT2D eigenvalue weighted by Gasteiger charge is 2.20. The number of phenolic OH excluding ortho intramolecular Hbond substituents is 1. The number of rotatable bonds is 5. The van der Waals surface area contributed by atoms with Gasteiger partial charge in [0.15, 0.2) is 11.5 Å². The summed E-state index contributed by atoms with van der Waals surface area (Å²) in [6.45, 7) is 0.886. The Kier molecular flexibility index (Phi) is 3.40. The van der Waals surface area contributed by atoms with Gasteiger partial charge in [-0.25, -0.2) is 4.98 Å². The van der Waals surface area contributed by atoms with Crippen molar-refractivity contribution in [1.29, 1.82) is 0 Å². The van der Waals surface area contributed by atoms with Gasteiger partial charge in [-0.2, -0.15) is 0 Å². The molecule has 3 rings (SSSR count). The lowest BCUT2D eigenvalue weighted by molar-refractivity contribution is 0.373. The second-order valence-electron chi connectivity index (χ2n) is 4.67. The number of ether oxygens (including phenoxy) is 1. The average Bonchev–Trinajstić information content (AvgIpc) is 3.14. The molecule has 2 N–H and O–H groups in total. The van der Waals surface area contributed by atoms with Crippen molar-refractivity contribution in [1.82, 2.24) is 10.3 Å². The molecule has 0 radical (unpaired) electrons. The summed E-state index contributed by atoms with van der Waals surface area (Å²) in [7, 11) is 1.55. The van der Waals surface area contributed by atoms with E-state index in [1.807, 2.05) is 18.3 Å². The number of phenols is 1. The molecule has 0 saturated heterocycles. The fourth-order valence-electron chi connectivity index (χ4n) is 1.87. The van der Waals surface area contributed by atoms with E-state index in [0.29, 0.717) is 11.8 Å². The smallest absolute Gasteiger partial charge is 0.161 e. The van der Waals surface area contributed by atoms with E-state index in [2.05, 4.69) is 10.3 Å². The molecule has 4 nitrogen and oxygen atoms in total. The second kappa shape index (κ2) is 5.19. The normalized spacial score (nSPS) is 14.6. The SMILES string of the molecule is COc1cc(-c2ncc(CNC3CC3)s2)ccc1O. The molecule has 1 saturated carbocycles. The Hall–Kier alpha value is -1.59. The zero-order valence-corrected chi connectivity index (χ0v) is 11.5. The van der Waals surface area contributed by atoms with Gasteiger partial charge >= 0.3 is 0 Å². The van der Waals surface area contributed by atoms with Crippen LogP contribution in [0.3, 0.4) is 0 Å². The van der Waals surface area contributed by atoms with Gasteiger partial charge in [-0.15, -0.1) is 11.3 Å². The van der Waals surface area contributed by atoms with Crippen LogP contribution in [0.5, 0.6) is 11.5 Å². The molecule has 0 spiro atoms. The first-order valence-electron chi connectivity index (χ1n) is 6.32. The van der Waals surface area contributed by atoms with E-state index in [9.17, 15) is 5.11 Å². The highest BCUT2D eigenvalue weighted by Crippen LogP contribution is 2.33. The zero-order chi connectivity index (χ0) is 13.2. The van der Waals surface area contributed by atoms with Gasteiger partial charge < -0.3 is 15.2 Å². The maximum Gasteiger partial charge on any atom is 0.161 e. The fourth-order valence-corrected chi connectivity index (χ4v) is 2.73. The number of aromatic nitrogens is 1. The van der Waals surface area contributed by atoms with Crippen LogP contribution in [-0.2, 0) is 6.54 Å². The fraction of sp³-hybridized carbons (Fsp3) is 0.357. The molecule has 2 aromatic rings. The Morgan fingerprint density at radius 1 is 1.47 bits per heavy atom. The zero-order valence-electron chi connectivity index (χ0n) is 10.7. The molecule has 0 bridgehead atoms. The number of thiazole rings is 1. The van der Waals surface area contributed by atoms with Crippen LogP contribution >= 0.6 is 11.3 Å². The number of methoxy groups -OCH3 is 1. The molecule has 0 amide bonds. The molecule has 0 aliphatic heterocycles. The molecule has 5 heteroatoms. The van der Waals surface area contributed by atoms with E-state index < -0.39 is 0 Å². The lowest BCUT2D eigenvalue weighted by Gasteiger charge is -2.04. The van der Waals surface area contributed by atoms with Crippen molar-refractivity contribution in [3.05, 3.63) is 29.3 Å². The van der Waals surface area contributed by atoms with Gasteiger partial charge in [0.2, 0.25) is 0 Å². The highest BCUT2D eigenvalue weighted by atomic mass is 32.1. The summed E-state index contributed by atoms with van der Waals surface area (Å²) in [5, 5.41) is 14.0. The van der Waals surface area contributed by atoms with Crippen LogP contribution in [0, 0.1) is 0 Å². The van der Waals surface area contributed by atoms with E-state index in [1.165, 1.54) is 17.7 Å². The molecule has 1 aromatic carbocycles. The van der Waals surface area contributed by atoms with E-state index in [1.54, 1.807) is 24.5 Å². The minimum Gasteiger partial charge on any atom is -0.504 e. The van der Waals surface area contributed by atoms with Gasteiger partial charge in [-0.3, -0.25) is 0 Å². The summed E-state index contributed by atoms with van der Waals surface area (Å²) in [5.74, 6) is 0.629. The Bertz CT molecular complexity index is 579. The molecular formula is C14H16N2O2S. The first-order chi connectivity index (χ1) is 9.26. The minimum atomic E-state index is 0.151. The number of nitrogens with zero attached hydrogens (tertiary/aromatic N) is 1. The number of nitrogens with one attached hydrogen (secondary N) is 1. The van der Waals surface area contributed by atoms with Crippen LogP contribution in [0.15, 0.2) is 24.4 Å². The largest absolute Gasteiger partial charge is 0.504 e. The van der Waals surface area contributed by atoms with Crippen molar-refractivity contribution in [3.63, 3.8) is 0 Å². The quantitative estimate of drug-likeness (QED) is 0.881. The standard InChI is InChI=1S/C14H16N2O2S/c1-18-13-6-9(2-5-12(13)17)14-16-8-11(19-14)7-15-10-3-4-10/h2,5-6,8,10,15,17H,3-4,7H2,1H3. The van der Waals surface area contributed by atoms with Crippen LogP contribution in [0.25, 0.3) is 10.6 Å². The van der Waals surface area contributed by atoms with E-state index in [4.69, 9.17) is 4.74 Å². The van der Waals surface area contributed by atoms with Crippen molar-refractivity contribution < 1.29 is 9.84 Å². The lowest BCUT2D eigenvalue weighted by Crippen LogP contribution is -2.14. The monoisotopic (exact) mass is 276 g/mol. The molecule has 1 aromatic heterocycles. The molecule has 1 aliphatic rings. The third kappa shape index (κ3) is 2.88. The van der Waals surface area contributed by atoms with Crippen LogP contribution in [0.4, 0.5) is 0 Å². The maximum atomic E-state index is 9.59. The lowest BCUT2D eigenvalue weighted by atomic mass is 10.2. The Balaban J connectivity index is 1.77. The summed E-state index contributed by atoms with van der Waals surface area (Å²) in [6.07, 6.45) is 4.50. The predicted molar refractivity (Wildman–Crippen MR) is 75.6 cm³/mol. The molecule has 1 heterocycles. The molecular weight excluding hydrogens is 260 g/mol. The first-order valence-corrected chi connectivity index (χ1v) is 7.13. The van der Waals surface area contributed by atoms with Crippen LogP contribution < -0.4 is 10.1 Å². The summed E-state index contributed by atoms with van der Waals surface area (Å²) >= 11 is 1.67. The summed E-state index contributed by atoms with van der Waals surface area (Å²) in [5.41, 5.74) is 0.970. The van der Waals surface area contributed by atoms with Gasteiger partial charge in [0, 0.05) is 29.2 Å². The summed E-state index contributed by atoms with van der Waals surface area (Å²) in [6, 6.07) is 6.01. The molecule has 1 aliphatic carbocycles. The number of aromatic hydroxyl groups is 1. The molecule has 1 fully saturated rings. The molecule has 0 unspecified atom stereocenters. The number of hydrogen-bond donors (Lipinski definition) is 2. The number of hydrogen-bond acceptors (Lipinski definition) is 5. The second-order valence-corrected chi connectivity index (χ2v) is 5.79. The summed E-state index contributed by atoms with van der Waals surface area (Å²) in [4.78, 5) is 5.66. The third-order valence-electron chi connectivity index (χ3n) is 3.12. The highest BCUT2D eigenvalue weighted by molar-refractivity contribution is 7.15. The predicted octanol–water partition coefficient (Wildman–Crippen LogP) is 2.78. The Morgan fingerprint density at radius 2 is 2.32 bits per heavy atom. The van der Waals surface area contributed by atoms with Crippen molar-refractivity contribution >= 4 is 11.3 Å². The van der Waals surface area contributed by atoms with Gasteiger partial charge in [-0.1, -0.05) is 0 Å². The minimum absolute atomic E-state index is 0.151. The van der Waals surface area contributed by atoms with Gasteiger partial charge in [0.25, 0.3) is 0 Å². The van der Waals surface area contributed by atoms with E-state index in [0.717, 1.165) is 17.1 Å². The first kappa shape index (κ1) is 12.4. The Morgan fingerprint density at radius 3 is 3.05 bits per heavy atom. The van der Waals surface area contributed by atoms with Crippen LogP contribution in [0.1, 0.15) is 17.7 Å². The van der Waals surface area contributed by atoms with Crippen LogP contribution in [-0.4, -0.2) is 23.2 Å². The third-order valence-corrected chi connectivity index (χ3v) is 4.17. The molecule has 19 heavy (non-hydrogen) atoms. The van der Waals surface area contributed by atoms with Crippen molar-refractivity contribution in [2.45, 2.75) is 25.4 Å². The van der Waals surface area contributed by atoms with Gasteiger partial charge in [0.05, 0.1) is 7.11 Å². The maximum absolute atomic E-state index is 9.59. The van der Waals surface area contributed by atoms with Crippen molar-refractivity contribution in [3.8, 4) is 22.1 Å². The average molecular weight is 276 g/mol. The topological polar surface area (TPSA) is 54.4 Å². The number of benzene rings is 1. The van der Waals surface area contributed by atoms with Crippen molar-refractivity contribution in [2.75, 3.05) is 7.11 Å².